The maximum Gasteiger partial charge on any atom is 0.330 e. The fourth-order valence-corrected chi connectivity index (χ4v) is 1.71. The van der Waals surface area contributed by atoms with Gasteiger partial charge in [-0.2, -0.15) is 8.42 Å². The molecule has 1 unspecified atom stereocenters. The van der Waals surface area contributed by atoms with Crippen molar-refractivity contribution >= 4 is 21.2 Å². The van der Waals surface area contributed by atoms with Gasteiger partial charge >= 0.3 is 16.1 Å². The van der Waals surface area contributed by atoms with Crippen molar-refractivity contribution in [1.82, 2.24) is 0 Å². The molecule has 0 aliphatic rings. The summed E-state index contributed by atoms with van der Waals surface area (Å²) in [6, 6.07) is 7.09. The Morgan fingerprint density at radius 2 is 1.62 bits per heavy atom. The summed E-state index contributed by atoms with van der Waals surface area (Å²) in [4.78, 5) is 22.0. The number of carboxylic acids is 1. The molecule has 0 aliphatic heterocycles. The molecule has 0 heterocycles. The highest BCUT2D eigenvalue weighted by Crippen LogP contribution is 2.19. The first-order valence-corrected chi connectivity index (χ1v) is 5.57. The number of benzene rings is 1. The summed E-state index contributed by atoms with van der Waals surface area (Å²) in [6.07, 6.45) is 0. The van der Waals surface area contributed by atoms with E-state index in [9.17, 15) is 18.0 Å². The zero-order valence-corrected chi connectivity index (χ0v) is 8.72. The molecule has 1 aromatic carbocycles. The highest BCUT2D eigenvalue weighted by Gasteiger charge is 2.36. The van der Waals surface area contributed by atoms with Crippen LogP contribution in [0.2, 0.25) is 0 Å². The average Bonchev–Trinajstić information content (AvgIpc) is 2.17. The zero-order chi connectivity index (χ0) is 12.3. The first-order chi connectivity index (χ1) is 7.34. The SMILES string of the molecule is O=C(O)C(C(=O)S(=O)(=O)O)c1ccccc1. The lowest BCUT2D eigenvalue weighted by Gasteiger charge is -2.08. The van der Waals surface area contributed by atoms with Crippen molar-refractivity contribution in [2.24, 2.45) is 0 Å². The van der Waals surface area contributed by atoms with Gasteiger partial charge in [0.1, 0.15) is 0 Å². The van der Waals surface area contributed by atoms with E-state index in [-0.39, 0.29) is 5.56 Å². The molecule has 0 fully saturated rings. The molecule has 0 radical (unpaired) electrons. The smallest absolute Gasteiger partial charge is 0.330 e. The second kappa shape index (κ2) is 4.42. The molecule has 16 heavy (non-hydrogen) atoms. The molecule has 86 valence electrons. The van der Waals surface area contributed by atoms with E-state index in [4.69, 9.17) is 9.66 Å². The molecule has 6 nitrogen and oxygen atoms in total. The number of hydrogen-bond donors (Lipinski definition) is 2. The van der Waals surface area contributed by atoms with E-state index in [1.54, 1.807) is 6.07 Å². The van der Waals surface area contributed by atoms with Crippen LogP contribution in [0.15, 0.2) is 30.3 Å². The summed E-state index contributed by atoms with van der Waals surface area (Å²) in [5.74, 6) is -3.54. The van der Waals surface area contributed by atoms with E-state index < -0.39 is 27.1 Å². The van der Waals surface area contributed by atoms with E-state index in [2.05, 4.69) is 0 Å². The third kappa shape index (κ3) is 2.65. The van der Waals surface area contributed by atoms with Gasteiger partial charge in [-0.05, 0) is 5.56 Å². The molecule has 1 aromatic rings. The summed E-state index contributed by atoms with van der Waals surface area (Å²) >= 11 is 0. The van der Waals surface area contributed by atoms with Gasteiger partial charge in [-0.3, -0.25) is 14.1 Å². The Morgan fingerprint density at radius 1 is 1.12 bits per heavy atom. The van der Waals surface area contributed by atoms with E-state index in [0.29, 0.717) is 0 Å². The summed E-state index contributed by atoms with van der Waals surface area (Å²) < 4.78 is 29.7. The monoisotopic (exact) mass is 244 g/mol. The maximum absolute atomic E-state index is 11.2. The third-order valence-electron chi connectivity index (χ3n) is 1.87. The standard InChI is InChI=1S/C9H8O6S/c10-8(11)7(9(12)16(13,14)15)6-4-2-1-3-5-6/h1-5,7H,(H,10,11)(H,13,14,15). The fourth-order valence-electron chi connectivity index (χ4n) is 1.17. The summed E-state index contributed by atoms with van der Waals surface area (Å²) in [6.45, 7) is 0. The van der Waals surface area contributed by atoms with Gasteiger partial charge in [-0.25, -0.2) is 0 Å². The number of carbonyl (C=O) groups excluding carboxylic acids is 1. The van der Waals surface area contributed by atoms with E-state index in [0.717, 1.165) is 0 Å². The fraction of sp³-hybridized carbons (Fsp3) is 0.111. The number of carbonyl (C=O) groups is 2. The van der Waals surface area contributed by atoms with Crippen LogP contribution in [0, 0.1) is 0 Å². The minimum Gasteiger partial charge on any atom is -0.480 e. The highest BCUT2D eigenvalue weighted by molar-refractivity contribution is 8.01. The second-order valence-electron chi connectivity index (χ2n) is 2.98. The van der Waals surface area contributed by atoms with Gasteiger partial charge in [0, 0.05) is 0 Å². The summed E-state index contributed by atoms with van der Waals surface area (Å²) in [5.41, 5.74) is -0.00220. The Bertz CT molecular complexity index is 504. The van der Waals surface area contributed by atoms with Crippen LogP contribution in [-0.2, 0) is 19.7 Å². The normalized spacial score (nSPS) is 13.1. The average molecular weight is 244 g/mol. The quantitative estimate of drug-likeness (QED) is 0.583. The molecule has 7 heteroatoms. The molecule has 0 amide bonds. The first kappa shape index (κ1) is 12.3. The van der Waals surface area contributed by atoms with Gasteiger partial charge < -0.3 is 5.11 Å². The van der Waals surface area contributed by atoms with Gasteiger partial charge in [-0.15, -0.1) is 0 Å². The minimum atomic E-state index is -5.01. The molecule has 1 rings (SSSR count). The molecular formula is C9H8O6S. The second-order valence-corrected chi connectivity index (χ2v) is 4.33. The minimum absolute atomic E-state index is 0.00220. The molecule has 0 bridgehead atoms. The Balaban J connectivity index is 3.23. The van der Waals surface area contributed by atoms with Gasteiger partial charge in [0.15, 0.2) is 5.92 Å². The number of rotatable bonds is 3. The van der Waals surface area contributed by atoms with Gasteiger partial charge in [0.05, 0.1) is 0 Å². The van der Waals surface area contributed by atoms with Crippen LogP contribution in [0.5, 0.6) is 0 Å². The van der Waals surface area contributed by atoms with Crippen LogP contribution in [0.1, 0.15) is 11.5 Å². The molecule has 2 N–H and O–H groups in total. The van der Waals surface area contributed by atoms with Gasteiger partial charge in [0.2, 0.25) is 0 Å². The lowest BCUT2D eigenvalue weighted by molar-refractivity contribution is -0.141. The Morgan fingerprint density at radius 3 is 2.00 bits per heavy atom. The summed E-state index contributed by atoms with van der Waals surface area (Å²) in [5, 5.41) is 7.02. The molecule has 0 spiro atoms. The molecule has 0 saturated carbocycles. The predicted octanol–water partition coefficient (Wildman–Crippen LogP) is 0.269. The molecule has 0 aliphatic carbocycles. The van der Waals surface area contributed by atoms with Crippen molar-refractivity contribution in [2.45, 2.75) is 5.92 Å². The van der Waals surface area contributed by atoms with Crippen LogP contribution in [0.3, 0.4) is 0 Å². The van der Waals surface area contributed by atoms with Gasteiger partial charge in [-0.1, -0.05) is 30.3 Å². The lowest BCUT2D eigenvalue weighted by Crippen LogP contribution is -2.27. The lowest BCUT2D eigenvalue weighted by atomic mass is 10.0. The Labute approximate surface area is 91.3 Å². The zero-order valence-electron chi connectivity index (χ0n) is 7.90. The van der Waals surface area contributed by atoms with Crippen molar-refractivity contribution < 1.29 is 27.7 Å². The van der Waals surface area contributed by atoms with Crippen LogP contribution in [0.4, 0.5) is 0 Å². The van der Waals surface area contributed by atoms with Crippen molar-refractivity contribution in [3.8, 4) is 0 Å². The predicted molar refractivity (Wildman–Crippen MR) is 53.4 cm³/mol. The van der Waals surface area contributed by atoms with Crippen LogP contribution >= 0.6 is 0 Å². The van der Waals surface area contributed by atoms with E-state index in [1.165, 1.54) is 24.3 Å². The van der Waals surface area contributed by atoms with Gasteiger partial charge in [0.25, 0.3) is 5.12 Å². The molecule has 0 saturated heterocycles. The van der Waals surface area contributed by atoms with Crippen molar-refractivity contribution in [3.63, 3.8) is 0 Å². The topological polar surface area (TPSA) is 109 Å². The molecular weight excluding hydrogens is 236 g/mol. The van der Waals surface area contributed by atoms with Crippen molar-refractivity contribution in [2.75, 3.05) is 0 Å². The van der Waals surface area contributed by atoms with Crippen molar-refractivity contribution in [3.05, 3.63) is 35.9 Å². The van der Waals surface area contributed by atoms with E-state index >= 15 is 0 Å². The Hall–Kier alpha value is -1.73. The van der Waals surface area contributed by atoms with Crippen LogP contribution in [-0.4, -0.2) is 29.2 Å². The first-order valence-electron chi connectivity index (χ1n) is 4.13. The molecule has 0 aromatic heterocycles. The number of hydrogen-bond acceptors (Lipinski definition) is 4. The molecule has 1 atom stereocenters. The number of aliphatic carboxylic acids is 1. The number of carboxylic acid groups (broad SMARTS) is 1. The highest BCUT2D eigenvalue weighted by atomic mass is 32.2. The van der Waals surface area contributed by atoms with Crippen molar-refractivity contribution in [1.29, 1.82) is 0 Å². The largest absolute Gasteiger partial charge is 0.480 e. The van der Waals surface area contributed by atoms with E-state index in [1.807, 2.05) is 0 Å². The Kier molecular flexibility index (Phi) is 3.41. The van der Waals surface area contributed by atoms with Crippen LogP contribution < -0.4 is 0 Å². The van der Waals surface area contributed by atoms with Crippen LogP contribution in [0.25, 0.3) is 0 Å². The maximum atomic E-state index is 11.2. The summed E-state index contributed by atoms with van der Waals surface area (Å²) in [7, 11) is -5.01. The third-order valence-corrected chi connectivity index (χ3v) is 2.61.